The third kappa shape index (κ3) is 9.45. The molecule has 0 aromatic rings. The maximum atomic E-state index is 6.08. The molecule has 0 bridgehead atoms. The van der Waals surface area contributed by atoms with Crippen LogP contribution in [0.4, 0.5) is 0 Å². The second-order valence-corrected chi connectivity index (χ2v) is 20.2. The van der Waals surface area contributed by atoms with Gasteiger partial charge in [-0.05, 0) is 84.4 Å². The normalized spacial score (nSPS) is 35.5. The van der Waals surface area contributed by atoms with Crippen molar-refractivity contribution in [3.63, 3.8) is 0 Å². The fourth-order valence-electron chi connectivity index (χ4n) is 3.19. The molecule has 0 aromatic heterocycles. The van der Waals surface area contributed by atoms with Crippen molar-refractivity contribution in [2.24, 2.45) is 0 Å². The van der Waals surface area contributed by atoms with E-state index in [9.17, 15) is 0 Å². The average molecular weight is 475 g/mol. The van der Waals surface area contributed by atoms with Gasteiger partial charge < -0.3 is 17.7 Å². The molecule has 4 unspecified atom stereocenters. The summed E-state index contributed by atoms with van der Waals surface area (Å²) in [5.74, 6) is 2.35. The molecule has 2 aliphatic rings. The average Bonchev–Trinajstić information content (AvgIpc) is 2.56. The first-order valence-electron chi connectivity index (χ1n) is 9.62. The first-order chi connectivity index (χ1) is 12.4. The Hall–Kier alpha value is 1.67. The van der Waals surface area contributed by atoms with E-state index in [4.69, 9.17) is 17.7 Å². The van der Waals surface area contributed by atoms with Crippen LogP contribution in [-0.4, -0.2) is 54.0 Å². The molecule has 4 atom stereocenters. The fraction of sp³-hybridized carbons (Fsp3) is 1.00. The molecule has 154 valence electrons. The first-order valence-corrected chi connectivity index (χ1v) is 19.8. The lowest BCUT2D eigenvalue weighted by Gasteiger charge is -2.35. The van der Waals surface area contributed by atoms with E-state index < -0.39 is 17.1 Å². The van der Waals surface area contributed by atoms with E-state index in [1.807, 2.05) is 41.2 Å². The van der Waals surface area contributed by atoms with Gasteiger partial charge in [0.1, 0.15) is 0 Å². The molecule has 2 aliphatic heterocycles. The SMILES string of the molecule is CC1CCO[Si](C)(CCCSSSSCCC[Si]2(C)OCCC(C)O2)O1. The standard InChI is InChI=1S/C16H34O4S4Si2/c1-15-7-9-17-25(3,19-15)13-5-11-21-23-24-22-12-6-14-26(4)18-10-8-16(2)20-26/h15-16H,5-14H2,1-4H3. The van der Waals surface area contributed by atoms with Gasteiger partial charge in [0.05, 0.1) is 0 Å². The van der Waals surface area contributed by atoms with E-state index in [0.717, 1.165) is 38.1 Å². The van der Waals surface area contributed by atoms with Gasteiger partial charge in [-0.3, -0.25) is 0 Å². The van der Waals surface area contributed by atoms with E-state index in [-0.39, 0.29) is 0 Å². The van der Waals surface area contributed by atoms with E-state index in [0.29, 0.717) is 12.2 Å². The van der Waals surface area contributed by atoms with Crippen LogP contribution in [0.2, 0.25) is 25.2 Å². The Morgan fingerprint density at radius 3 is 1.58 bits per heavy atom. The summed E-state index contributed by atoms with van der Waals surface area (Å²) in [7, 11) is 3.98. The third-order valence-electron chi connectivity index (χ3n) is 4.61. The second-order valence-electron chi connectivity index (χ2n) is 7.39. The molecule has 2 heterocycles. The summed E-state index contributed by atoms with van der Waals surface area (Å²) in [4.78, 5) is 0. The molecule has 2 saturated heterocycles. The Bertz CT molecular complexity index is 376. The van der Waals surface area contributed by atoms with E-state index >= 15 is 0 Å². The largest absolute Gasteiger partial charge is 0.394 e. The van der Waals surface area contributed by atoms with Crippen molar-refractivity contribution in [2.45, 2.75) is 76.9 Å². The predicted octanol–water partition coefficient (Wildman–Crippen LogP) is 6.24. The molecule has 10 heteroatoms. The molecular formula is C16H34O4S4Si2. The van der Waals surface area contributed by atoms with Crippen molar-refractivity contribution in [1.82, 2.24) is 0 Å². The summed E-state index contributed by atoms with van der Waals surface area (Å²) >= 11 is 0. The summed E-state index contributed by atoms with van der Waals surface area (Å²) in [5, 5.41) is 0. The Balaban J connectivity index is 1.40. The summed E-state index contributed by atoms with van der Waals surface area (Å²) in [6.45, 7) is 10.5. The van der Waals surface area contributed by atoms with E-state index in [1.165, 1.54) is 24.3 Å². The van der Waals surface area contributed by atoms with Crippen molar-refractivity contribution in [3.8, 4) is 0 Å². The van der Waals surface area contributed by atoms with Crippen LogP contribution in [-0.2, 0) is 17.7 Å². The highest BCUT2D eigenvalue weighted by Gasteiger charge is 2.37. The van der Waals surface area contributed by atoms with Gasteiger partial charge in [0.2, 0.25) is 0 Å². The second kappa shape index (κ2) is 12.4. The van der Waals surface area contributed by atoms with Gasteiger partial charge >= 0.3 is 17.1 Å². The Morgan fingerprint density at radius 1 is 0.769 bits per heavy atom. The van der Waals surface area contributed by atoms with Crippen molar-refractivity contribution in [2.75, 3.05) is 24.7 Å². The summed E-state index contributed by atoms with van der Waals surface area (Å²) < 4.78 is 24.1. The lowest BCUT2D eigenvalue weighted by molar-refractivity contribution is 0.0597. The number of hydrogen-bond acceptors (Lipinski definition) is 8. The molecular weight excluding hydrogens is 441 g/mol. The van der Waals surface area contributed by atoms with Crippen molar-refractivity contribution in [3.05, 3.63) is 0 Å². The van der Waals surface area contributed by atoms with Gasteiger partial charge in [-0.25, -0.2) is 0 Å². The van der Waals surface area contributed by atoms with E-state index in [1.54, 1.807) is 0 Å². The third-order valence-corrected chi connectivity index (χ3v) is 17.2. The van der Waals surface area contributed by atoms with Crippen LogP contribution in [0.25, 0.3) is 0 Å². The molecule has 0 spiro atoms. The molecule has 0 radical (unpaired) electrons. The minimum Gasteiger partial charge on any atom is -0.394 e. The molecule has 0 saturated carbocycles. The Kier molecular flexibility index (Phi) is 11.4. The number of hydrogen-bond donors (Lipinski definition) is 0. The quantitative estimate of drug-likeness (QED) is 0.198. The Labute approximate surface area is 177 Å². The zero-order valence-electron chi connectivity index (χ0n) is 16.5. The van der Waals surface area contributed by atoms with Crippen LogP contribution in [0.15, 0.2) is 0 Å². The van der Waals surface area contributed by atoms with Gasteiger partial charge in [0.25, 0.3) is 0 Å². The van der Waals surface area contributed by atoms with Crippen molar-refractivity contribution >= 4 is 58.4 Å². The smallest absolute Gasteiger partial charge is 0.335 e. The van der Waals surface area contributed by atoms with Crippen LogP contribution >= 0.6 is 41.2 Å². The minimum absolute atomic E-state index is 0.382. The van der Waals surface area contributed by atoms with Gasteiger partial charge in [-0.1, -0.05) is 21.6 Å². The zero-order valence-corrected chi connectivity index (χ0v) is 21.8. The maximum Gasteiger partial charge on any atom is 0.335 e. The lowest BCUT2D eigenvalue weighted by atomic mass is 10.3. The molecule has 4 nitrogen and oxygen atoms in total. The van der Waals surface area contributed by atoms with Crippen LogP contribution in [0.5, 0.6) is 0 Å². The zero-order chi connectivity index (χ0) is 18.9. The van der Waals surface area contributed by atoms with Crippen molar-refractivity contribution in [1.29, 1.82) is 0 Å². The summed E-state index contributed by atoms with van der Waals surface area (Å²) in [6, 6.07) is 2.23. The molecule has 0 aliphatic carbocycles. The highest BCUT2D eigenvalue weighted by molar-refractivity contribution is 9.26. The molecule has 26 heavy (non-hydrogen) atoms. The summed E-state index contributed by atoms with van der Waals surface area (Å²) in [6.07, 6.45) is 5.23. The van der Waals surface area contributed by atoms with Crippen LogP contribution in [0.3, 0.4) is 0 Å². The fourth-order valence-corrected chi connectivity index (χ4v) is 15.2. The first kappa shape index (κ1) is 23.9. The van der Waals surface area contributed by atoms with Gasteiger partial charge in [-0.15, -0.1) is 0 Å². The highest BCUT2D eigenvalue weighted by Crippen LogP contribution is 2.44. The van der Waals surface area contributed by atoms with Gasteiger partial charge in [0, 0.05) is 36.9 Å². The van der Waals surface area contributed by atoms with Crippen LogP contribution in [0, 0.1) is 0 Å². The van der Waals surface area contributed by atoms with Crippen molar-refractivity contribution < 1.29 is 17.7 Å². The monoisotopic (exact) mass is 474 g/mol. The number of rotatable bonds is 11. The minimum atomic E-state index is -1.87. The van der Waals surface area contributed by atoms with E-state index in [2.05, 4.69) is 26.9 Å². The maximum absolute atomic E-state index is 6.08. The molecule has 0 aromatic carbocycles. The topological polar surface area (TPSA) is 36.9 Å². The van der Waals surface area contributed by atoms with Gasteiger partial charge in [0.15, 0.2) is 0 Å². The molecule has 2 rings (SSSR count). The highest BCUT2D eigenvalue weighted by atomic mass is 33.7. The summed E-state index contributed by atoms with van der Waals surface area (Å²) in [5.41, 5.74) is 0. The molecule has 0 amide bonds. The Morgan fingerprint density at radius 2 is 1.19 bits per heavy atom. The van der Waals surface area contributed by atoms with Crippen LogP contribution < -0.4 is 0 Å². The van der Waals surface area contributed by atoms with Crippen LogP contribution in [0.1, 0.15) is 39.5 Å². The predicted molar refractivity (Wildman–Crippen MR) is 124 cm³/mol. The molecule has 0 N–H and O–H groups in total. The lowest BCUT2D eigenvalue weighted by Crippen LogP contribution is -2.46. The van der Waals surface area contributed by atoms with Gasteiger partial charge in [-0.2, -0.15) is 0 Å². The molecule has 2 fully saturated rings.